The van der Waals surface area contributed by atoms with Gasteiger partial charge < -0.3 is 4.98 Å². The number of carbonyl (C=O) groups is 1. The van der Waals surface area contributed by atoms with Crippen LogP contribution < -0.4 is 0 Å². The van der Waals surface area contributed by atoms with Crippen molar-refractivity contribution in [2.24, 2.45) is 0 Å². The van der Waals surface area contributed by atoms with Gasteiger partial charge in [0, 0.05) is 28.0 Å². The van der Waals surface area contributed by atoms with Crippen molar-refractivity contribution in [3.05, 3.63) is 52.6 Å². The molecule has 0 radical (unpaired) electrons. The molecule has 0 aliphatic rings. The van der Waals surface area contributed by atoms with E-state index in [1.807, 2.05) is 24.3 Å². The summed E-state index contributed by atoms with van der Waals surface area (Å²) < 4.78 is 0. The van der Waals surface area contributed by atoms with E-state index in [9.17, 15) is 4.79 Å². The maximum absolute atomic E-state index is 12.1. The van der Waals surface area contributed by atoms with Crippen molar-refractivity contribution in [3.8, 4) is 0 Å². The molecule has 16 heavy (non-hydrogen) atoms. The first-order valence-corrected chi connectivity index (χ1v) is 5.79. The van der Waals surface area contributed by atoms with Gasteiger partial charge in [-0.3, -0.25) is 4.79 Å². The summed E-state index contributed by atoms with van der Waals surface area (Å²) >= 11 is 1.43. The van der Waals surface area contributed by atoms with Crippen molar-refractivity contribution < 1.29 is 4.79 Å². The number of ketones is 1. The number of hydrogen-bond acceptors (Lipinski definition) is 3. The molecule has 0 saturated carbocycles. The number of hydrogen-bond donors (Lipinski definition) is 1. The fraction of sp³-hybridized carbons (Fsp3) is 0. The molecule has 0 fully saturated rings. The lowest BCUT2D eigenvalue weighted by molar-refractivity contribution is 0.103. The molecule has 4 heteroatoms. The Hall–Kier alpha value is -1.94. The number of aromatic nitrogens is 2. The standard InChI is InChI=1S/C12H8N2OS/c15-12(11-6-16-7-14-11)9-5-13-10-4-2-1-3-8(9)10/h1-7,13H. The van der Waals surface area contributed by atoms with E-state index >= 15 is 0 Å². The molecule has 0 unspecified atom stereocenters. The summed E-state index contributed by atoms with van der Waals surface area (Å²) in [4.78, 5) is 19.2. The monoisotopic (exact) mass is 228 g/mol. The minimum atomic E-state index is -0.0290. The zero-order valence-corrected chi connectivity index (χ0v) is 9.12. The van der Waals surface area contributed by atoms with Crippen molar-refractivity contribution >= 4 is 28.0 Å². The lowest BCUT2D eigenvalue weighted by Crippen LogP contribution is -2.00. The first kappa shape index (κ1) is 9.30. The zero-order valence-electron chi connectivity index (χ0n) is 8.31. The highest BCUT2D eigenvalue weighted by Gasteiger charge is 2.14. The van der Waals surface area contributed by atoms with Gasteiger partial charge in [-0.05, 0) is 6.07 Å². The Morgan fingerprint density at radius 3 is 3.00 bits per heavy atom. The summed E-state index contributed by atoms with van der Waals surface area (Å²) in [5, 5.41) is 2.71. The average Bonchev–Trinajstić information content (AvgIpc) is 2.98. The molecule has 3 nitrogen and oxygen atoms in total. The fourth-order valence-electron chi connectivity index (χ4n) is 1.72. The summed E-state index contributed by atoms with van der Waals surface area (Å²) in [6, 6.07) is 7.75. The summed E-state index contributed by atoms with van der Waals surface area (Å²) in [7, 11) is 0. The van der Waals surface area contributed by atoms with E-state index in [1.165, 1.54) is 11.3 Å². The van der Waals surface area contributed by atoms with E-state index in [1.54, 1.807) is 17.1 Å². The highest BCUT2D eigenvalue weighted by molar-refractivity contribution is 7.07. The van der Waals surface area contributed by atoms with Gasteiger partial charge in [0.1, 0.15) is 5.69 Å². The highest BCUT2D eigenvalue weighted by atomic mass is 32.1. The van der Waals surface area contributed by atoms with Crippen LogP contribution in [0.25, 0.3) is 10.9 Å². The number of aromatic amines is 1. The van der Waals surface area contributed by atoms with Crippen molar-refractivity contribution in [3.63, 3.8) is 0 Å². The second-order valence-electron chi connectivity index (χ2n) is 3.45. The zero-order chi connectivity index (χ0) is 11.0. The van der Waals surface area contributed by atoms with Crippen LogP contribution in [0.1, 0.15) is 16.1 Å². The van der Waals surface area contributed by atoms with Crippen molar-refractivity contribution in [1.82, 2.24) is 9.97 Å². The maximum Gasteiger partial charge on any atom is 0.214 e. The number of fused-ring (bicyclic) bond motifs is 1. The Morgan fingerprint density at radius 1 is 1.31 bits per heavy atom. The number of benzene rings is 1. The predicted molar refractivity (Wildman–Crippen MR) is 63.8 cm³/mol. The van der Waals surface area contributed by atoms with Crippen LogP contribution in [0.15, 0.2) is 41.4 Å². The molecule has 0 aliphatic heterocycles. The average molecular weight is 228 g/mol. The topological polar surface area (TPSA) is 45.8 Å². The molecule has 0 spiro atoms. The van der Waals surface area contributed by atoms with Gasteiger partial charge in [0.2, 0.25) is 5.78 Å². The van der Waals surface area contributed by atoms with Crippen LogP contribution in [0.4, 0.5) is 0 Å². The number of thiazole rings is 1. The van der Waals surface area contributed by atoms with Gasteiger partial charge in [-0.2, -0.15) is 0 Å². The van der Waals surface area contributed by atoms with Crippen molar-refractivity contribution in [2.75, 3.05) is 0 Å². The molecule has 2 heterocycles. The van der Waals surface area contributed by atoms with Gasteiger partial charge >= 0.3 is 0 Å². The van der Waals surface area contributed by atoms with Gasteiger partial charge in [0.05, 0.1) is 5.51 Å². The molecule has 2 aromatic heterocycles. The predicted octanol–water partition coefficient (Wildman–Crippen LogP) is 2.86. The molecule has 1 aromatic carbocycles. The molecule has 0 amide bonds. The van der Waals surface area contributed by atoms with Crippen LogP contribution in [0, 0.1) is 0 Å². The van der Waals surface area contributed by atoms with E-state index < -0.39 is 0 Å². The third kappa shape index (κ3) is 1.35. The number of nitrogens with one attached hydrogen (secondary N) is 1. The Morgan fingerprint density at radius 2 is 2.19 bits per heavy atom. The van der Waals surface area contributed by atoms with Gasteiger partial charge in [-0.1, -0.05) is 18.2 Å². The highest BCUT2D eigenvalue weighted by Crippen LogP contribution is 2.20. The van der Waals surface area contributed by atoms with Gasteiger partial charge in [0.25, 0.3) is 0 Å². The molecule has 0 bridgehead atoms. The minimum absolute atomic E-state index is 0.0290. The molecule has 0 atom stereocenters. The smallest absolute Gasteiger partial charge is 0.214 e. The molecule has 1 N–H and O–H groups in total. The number of carbonyl (C=O) groups excluding carboxylic acids is 1. The van der Waals surface area contributed by atoms with Crippen LogP contribution in [0.3, 0.4) is 0 Å². The summed E-state index contributed by atoms with van der Waals surface area (Å²) in [5.41, 5.74) is 3.83. The molecule has 0 aliphatic carbocycles. The molecular formula is C12H8N2OS. The minimum Gasteiger partial charge on any atom is -0.360 e. The van der Waals surface area contributed by atoms with E-state index in [2.05, 4.69) is 9.97 Å². The van der Waals surface area contributed by atoms with E-state index in [0.29, 0.717) is 11.3 Å². The van der Waals surface area contributed by atoms with Gasteiger partial charge in [-0.15, -0.1) is 11.3 Å². The van der Waals surface area contributed by atoms with Crippen LogP contribution in [0.5, 0.6) is 0 Å². The second-order valence-corrected chi connectivity index (χ2v) is 4.17. The molecular weight excluding hydrogens is 220 g/mol. The van der Waals surface area contributed by atoms with Crippen LogP contribution in [-0.2, 0) is 0 Å². The number of para-hydroxylation sites is 1. The van der Waals surface area contributed by atoms with E-state index in [-0.39, 0.29) is 5.78 Å². The first-order valence-electron chi connectivity index (χ1n) is 4.85. The molecule has 0 saturated heterocycles. The Labute approximate surface area is 95.8 Å². The first-order chi connectivity index (χ1) is 7.86. The van der Waals surface area contributed by atoms with Crippen molar-refractivity contribution in [1.29, 1.82) is 0 Å². The van der Waals surface area contributed by atoms with Crippen LogP contribution in [0.2, 0.25) is 0 Å². The lowest BCUT2D eigenvalue weighted by atomic mass is 10.1. The Balaban J connectivity index is 2.16. The lowest BCUT2D eigenvalue weighted by Gasteiger charge is -1.94. The number of nitrogens with zero attached hydrogens (tertiary/aromatic N) is 1. The van der Waals surface area contributed by atoms with E-state index in [4.69, 9.17) is 0 Å². The largest absolute Gasteiger partial charge is 0.360 e. The summed E-state index contributed by atoms with van der Waals surface area (Å²) in [6.07, 6.45) is 1.74. The van der Waals surface area contributed by atoms with Crippen LogP contribution in [-0.4, -0.2) is 15.8 Å². The fourth-order valence-corrected chi connectivity index (χ4v) is 2.25. The quantitative estimate of drug-likeness (QED) is 0.685. The molecule has 3 rings (SSSR count). The van der Waals surface area contributed by atoms with Gasteiger partial charge in [-0.25, -0.2) is 4.98 Å². The maximum atomic E-state index is 12.1. The second kappa shape index (κ2) is 3.57. The SMILES string of the molecule is O=C(c1cscn1)c1c[nH]c2ccccc12. The summed E-state index contributed by atoms with van der Waals surface area (Å²) in [5.74, 6) is -0.0290. The third-order valence-electron chi connectivity index (χ3n) is 2.50. The Kier molecular flexibility index (Phi) is 2.08. The molecule has 3 aromatic rings. The molecule has 78 valence electrons. The van der Waals surface area contributed by atoms with Crippen LogP contribution >= 0.6 is 11.3 Å². The van der Waals surface area contributed by atoms with Gasteiger partial charge in [0.15, 0.2) is 0 Å². The normalized spacial score (nSPS) is 10.8. The third-order valence-corrected chi connectivity index (χ3v) is 3.09. The van der Waals surface area contributed by atoms with E-state index in [0.717, 1.165) is 10.9 Å². The van der Waals surface area contributed by atoms with Crippen molar-refractivity contribution in [2.45, 2.75) is 0 Å². The number of rotatable bonds is 2. The Bertz CT molecular complexity index is 640. The number of H-pyrrole nitrogens is 1. The summed E-state index contributed by atoms with van der Waals surface area (Å²) in [6.45, 7) is 0.